The van der Waals surface area contributed by atoms with Gasteiger partial charge in [0.2, 0.25) is 0 Å². The molecule has 0 atom stereocenters. The largest absolute Gasteiger partial charge is 0.427 e. The number of hydrogen-bond donors (Lipinski definition) is 1. The number of esters is 1. The lowest BCUT2D eigenvalue weighted by atomic mass is 10.2. The molecule has 0 aliphatic heterocycles. The number of nitrogens with one attached hydrogen (secondary N) is 1. The number of carbonyl (C=O) groups is 1. The molecule has 0 amide bonds. The fraction of sp³-hybridized carbons (Fsp3) is 0.0714. The molecule has 0 radical (unpaired) electrons. The molecular weight excluding hydrogens is 233 g/mol. The van der Waals surface area contributed by atoms with Crippen LogP contribution in [-0.4, -0.2) is 5.97 Å². The molecule has 0 aromatic heterocycles. The van der Waals surface area contributed by atoms with Crippen LogP contribution in [0.5, 0.6) is 5.75 Å². The van der Waals surface area contributed by atoms with Gasteiger partial charge in [0.25, 0.3) is 0 Å². The summed E-state index contributed by atoms with van der Waals surface area (Å²) in [6, 6.07) is 13.0. The number of rotatable bonds is 3. The molecule has 1 N–H and O–H groups in total. The number of hydrogen-bond acceptors (Lipinski definition) is 3. The Kier molecular flexibility index (Phi) is 3.57. The van der Waals surface area contributed by atoms with E-state index >= 15 is 0 Å². The average Bonchev–Trinajstić information content (AvgIpc) is 2.34. The van der Waals surface area contributed by atoms with Gasteiger partial charge >= 0.3 is 5.97 Å². The standard InChI is InChI=1S/C14H12FNO2/c1-10(17)18-14-8-6-13(7-9-14)16-12-4-2-11(15)3-5-12/h2-9,16H,1H3. The zero-order chi connectivity index (χ0) is 13.0. The normalized spacial score (nSPS) is 9.89. The summed E-state index contributed by atoms with van der Waals surface area (Å²) in [5.41, 5.74) is 1.62. The van der Waals surface area contributed by atoms with Gasteiger partial charge in [0.05, 0.1) is 0 Å². The zero-order valence-electron chi connectivity index (χ0n) is 9.81. The Morgan fingerprint density at radius 1 is 1.00 bits per heavy atom. The summed E-state index contributed by atoms with van der Waals surface area (Å²) in [5, 5.41) is 3.10. The summed E-state index contributed by atoms with van der Waals surface area (Å²) in [4.78, 5) is 10.7. The molecule has 0 spiro atoms. The molecule has 0 saturated carbocycles. The van der Waals surface area contributed by atoms with Crippen molar-refractivity contribution in [2.45, 2.75) is 6.92 Å². The molecule has 0 saturated heterocycles. The molecule has 0 heterocycles. The molecule has 0 unspecified atom stereocenters. The van der Waals surface area contributed by atoms with Gasteiger partial charge in [-0.25, -0.2) is 4.39 Å². The third kappa shape index (κ3) is 3.31. The molecule has 0 aliphatic rings. The van der Waals surface area contributed by atoms with Crippen molar-refractivity contribution in [3.05, 3.63) is 54.3 Å². The Bertz CT molecular complexity index is 535. The summed E-state index contributed by atoms with van der Waals surface area (Å²) in [7, 11) is 0. The van der Waals surface area contributed by atoms with Gasteiger partial charge in [-0.05, 0) is 48.5 Å². The first-order valence-electron chi connectivity index (χ1n) is 5.44. The highest BCUT2D eigenvalue weighted by Gasteiger charge is 1.99. The van der Waals surface area contributed by atoms with E-state index in [1.807, 2.05) is 0 Å². The predicted molar refractivity (Wildman–Crippen MR) is 67.4 cm³/mol. The number of anilines is 2. The molecule has 2 rings (SSSR count). The van der Waals surface area contributed by atoms with Crippen molar-refractivity contribution >= 4 is 17.3 Å². The number of benzene rings is 2. The van der Waals surface area contributed by atoms with E-state index in [-0.39, 0.29) is 11.8 Å². The van der Waals surface area contributed by atoms with Crippen LogP contribution in [0.4, 0.5) is 15.8 Å². The second kappa shape index (κ2) is 5.31. The van der Waals surface area contributed by atoms with Gasteiger partial charge in [-0.15, -0.1) is 0 Å². The van der Waals surface area contributed by atoms with Gasteiger partial charge in [-0.1, -0.05) is 0 Å². The van der Waals surface area contributed by atoms with E-state index in [1.54, 1.807) is 36.4 Å². The molecule has 0 aliphatic carbocycles. The van der Waals surface area contributed by atoms with E-state index in [0.717, 1.165) is 11.4 Å². The third-order valence-corrected chi connectivity index (χ3v) is 2.25. The van der Waals surface area contributed by atoms with E-state index in [0.29, 0.717) is 5.75 Å². The summed E-state index contributed by atoms with van der Waals surface area (Å²) in [6.45, 7) is 1.35. The van der Waals surface area contributed by atoms with Crippen LogP contribution in [-0.2, 0) is 4.79 Å². The molecule has 92 valence electrons. The molecule has 0 bridgehead atoms. The van der Waals surface area contributed by atoms with Crippen LogP contribution >= 0.6 is 0 Å². The lowest BCUT2D eigenvalue weighted by Gasteiger charge is -2.07. The maximum atomic E-state index is 12.7. The SMILES string of the molecule is CC(=O)Oc1ccc(Nc2ccc(F)cc2)cc1. The zero-order valence-corrected chi connectivity index (χ0v) is 9.81. The maximum absolute atomic E-state index is 12.7. The molecule has 2 aromatic rings. The highest BCUT2D eigenvalue weighted by Crippen LogP contribution is 2.20. The Labute approximate surface area is 104 Å². The molecule has 3 nitrogen and oxygen atoms in total. The van der Waals surface area contributed by atoms with Crippen molar-refractivity contribution in [2.24, 2.45) is 0 Å². The first-order valence-corrected chi connectivity index (χ1v) is 5.44. The second-order valence-electron chi connectivity index (χ2n) is 3.75. The van der Waals surface area contributed by atoms with Gasteiger partial charge in [-0.2, -0.15) is 0 Å². The van der Waals surface area contributed by atoms with E-state index in [9.17, 15) is 9.18 Å². The number of ether oxygens (including phenoxy) is 1. The van der Waals surface area contributed by atoms with Gasteiger partial charge in [-0.3, -0.25) is 4.79 Å². The third-order valence-electron chi connectivity index (χ3n) is 2.25. The summed E-state index contributed by atoms with van der Waals surface area (Å²) in [6.07, 6.45) is 0. The monoisotopic (exact) mass is 245 g/mol. The lowest BCUT2D eigenvalue weighted by molar-refractivity contribution is -0.131. The van der Waals surface area contributed by atoms with Crippen molar-refractivity contribution in [1.29, 1.82) is 0 Å². The van der Waals surface area contributed by atoms with Crippen molar-refractivity contribution in [3.8, 4) is 5.75 Å². The van der Waals surface area contributed by atoms with Gasteiger partial charge in [0, 0.05) is 18.3 Å². The van der Waals surface area contributed by atoms with E-state index in [4.69, 9.17) is 4.74 Å². The van der Waals surface area contributed by atoms with Crippen LogP contribution in [0.15, 0.2) is 48.5 Å². The average molecular weight is 245 g/mol. The predicted octanol–water partition coefficient (Wildman–Crippen LogP) is 3.49. The van der Waals surface area contributed by atoms with Crippen LogP contribution < -0.4 is 10.1 Å². The fourth-order valence-corrected chi connectivity index (χ4v) is 1.47. The highest BCUT2D eigenvalue weighted by atomic mass is 19.1. The fourth-order valence-electron chi connectivity index (χ4n) is 1.47. The quantitative estimate of drug-likeness (QED) is 0.664. The number of halogens is 1. The maximum Gasteiger partial charge on any atom is 0.308 e. The Morgan fingerprint density at radius 2 is 1.50 bits per heavy atom. The van der Waals surface area contributed by atoms with Gasteiger partial charge < -0.3 is 10.1 Å². The minimum Gasteiger partial charge on any atom is -0.427 e. The molecule has 4 heteroatoms. The van der Waals surface area contributed by atoms with E-state index in [1.165, 1.54) is 19.1 Å². The molecule has 0 fully saturated rings. The molecule has 2 aromatic carbocycles. The van der Waals surface area contributed by atoms with Crippen LogP contribution in [0.25, 0.3) is 0 Å². The summed E-state index contributed by atoms with van der Waals surface area (Å²) >= 11 is 0. The lowest BCUT2D eigenvalue weighted by Crippen LogP contribution is -2.01. The smallest absolute Gasteiger partial charge is 0.308 e. The first-order chi connectivity index (χ1) is 8.63. The number of carbonyl (C=O) groups excluding carboxylic acids is 1. The van der Waals surface area contributed by atoms with E-state index < -0.39 is 0 Å². The first kappa shape index (κ1) is 12.1. The summed E-state index contributed by atoms with van der Waals surface area (Å²) < 4.78 is 17.6. The van der Waals surface area contributed by atoms with Crippen molar-refractivity contribution < 1.29 is 13.9 Å². The Balaban J connectivity index is 2.06. The second-order valence-corrected chi connectivity index (χ2v) is 3.75. The minimum absolute atomic E-state index is 0.272. The topological polar surface area (TPSA) is 38.3 Å². The van der Waals surface area contributed by atoms with E-state index in [2.05, 4.69) is 5.32 Å². The van der Waals surface area contributed by atoms with Crippen LogP contribution in [0, 0.1) is 5.82 Å². The van der Waals surface area contributed by atoms with Crippen molar-refractivity contribution in [2.75, 3.05) is 5.32 Å². The van der Waals surface area contributed by atoms with Crippen molar-refractivity contribution in [3.63, 3.8) is 0 Å². The Hall–Kier alpha value is -2.36. The molecular formula is C14H12FNO2. The minimum atomic E-state index is -0.353. The van der Waals surface area contributed by atoms with Gasteiger partial charge in [0.15, 0.2) is 0 Å². The summed E-state index contributed by atoms with van der Waals surface area (Å²) in [5.74, 6) is -0.132. The van der Waals surface area contributed by atoms with Crippen LogP contribution in [0.3, 0.4) is 0 Å². The van der Waals surface area contributed by atoms with Crippen LogP contribution in [0.2, 0.25) is 0 Å². The highest BCUT2D eigenvalue weighted by molar-refractivity contribution is 5.69. The van der Waals surface area contributed by atoms with Gasteiger partial charge in [0.1, 0.15) is 11.6 Å². The molecule has 18 heavy (non-hydrogen) atoms. The van der Waals surface area contributed by atoms with Crippen LogP contribution in [0.1, 0.15) is 6.92 Å². The Morgan fingerprint density at radius 3 is 2.00 bits per heavy atom. The van der Waals surface area contributed by atoms with Crippen molar-refractivity contribution in [1.82, 2.24) is 0 Å².